The average molecular weight is 301 g/mol. The molecular formula is C14H20FNO3S. The first-order valence-electron chi connectivity index (χ1n) is 6.82. The Morgan fingerprint density at radius 2 is 1.95 bits per heavy atom. The molecule has 0 saturated heterocycles. The van der Waals surface area contributed by atoms with Crippen molar-refractivity contribution in [3.05, 3.63) is 29.6 Å². The number of nitrogens with one attached hydrogen (secondary N) is 1. The first kappa shape index (κ1) is 15.4. The Kier molecular flexibility index (Phi) is 4.78. The van der Waals surface area contributed by atoms with Gasteiger partial charge in [-0.1, -0.05) is 6.07 Å². The van der Waals surface area contributed by atoms with Crippen LogP contribution in [0.4, 0.5) is 4.39 Å². The molecule has 0 radical (unpaired) electrons. The number of hydrogen-bond acceptors (Lipinski definition) is 3. The van der Waals surface area contributed by atoms with Crippen molar-refractivity contribution in [1.29, 1.82) is 0 Å². The molecule has 0 bridgehead atoms. The third-order valence-electron chi connectivity index (χ3n) is 3.93. The summed E-state index contributed by atoms with van der Waals surface area (Å²) in [5.74, 6) is -0.247. The number of sulfonamides is 1. The van der Waals surface area contributed by atoms with Crippen LogP contribution in [0.2, 0.25) is 0 Å². The highest BCUT2D eigenvalue weighted by molar-refractivity contribution is 7.89. The molecule has 6 heteroatoms. The van der Waals surface area contributed by atoms with Crippen molar-refractivity contribution in [1.82, 2.24) is 4.72 Å². The van der Waals surface area contributed by atoms with Crippen LogP contribution in [0.3, 0.4) is 0 Å². The second kappa shape index (κ2) is 6.20. The van der Waals surface area contributed by atoms with E-state index in [-0.39, 0.29) is 29.0 Å². The van der Waals surface area contributed by atoms with E-state index in [0.717, 1.165) is 12.8 Å². The summed E-state index contributed by atoms with van der Waals surface area (Å²) in [7, 11) is -3.69. The summed E-state index contributed by atoms with van der Waals surface area (Å²) < 4.78 is 40.7. The predicted molar refractivity (Wildman–Crippen MR) is 74.3 cm³/mol. The molecule has 0 aromatic heterocycles. The van der Waals surface area contributed by atoms with Gasteiger partial charge in [-0.3, -0.25) is 0 Å². The Balaban J connectivity index is 2.10. The van der Waals surface area contributed by atoms with Gasteiger partial charge in [0.2, 0.25) is 10.0 Å². The maximum absolute atomic E-state index is 13.5. The van der Waals surface area contributed by atoms with E-state index < -0.39 is 15.8 Å². The van der Waals surface area contributed by atoms with Crippen molar-refractivity contribution < 1.29 is 17.9 Å². The summed E-state index contributed by atoms with van der Waals surface area (Å²) in [5.41, 5.74) is 0.143. The molecule has 4 nitrogen and oxygen atoms in total. The normalized spacial score (nSPS) is 23.8. The van der Waals surface area contributed by atoms with Crippen LogP contribution in [0, 0.1) is 18.7 Å². The van der Waals surface area contributed by atoms with E-state index in [0.29, 0.717) is 12.8 Å². The fourth-order valence-corrected chi connectivity index (χ4v) is 4.18. The number of aliphatic hydroxyl groups is 1. The Hall–Kier alpha value is -0.980. The van der Waals surface area contributed by atoms with Gasteiger partial charge in [0.15, 0.2) is 0 Å². The second-order valence-corrected chi connectivity index (χ2v) is 7.07. The molecule has 0 heterocycles. The van der Waals surface area contributed by atoms with Gasteiger partial charge in [-0.15, -0.1) is 0 Å². The van der Waals surface area contributed by atoms with Gasteiger partial charge in [-0.25, -0.2) is 17.5 Å². The van der Waals surface area contributed by atoms with E-state index in [1.807, 2.05) is 0 Å². The van der Waals surface area contributed by atoms with Gasteiger partial charge in [-0.2, -0.15) is 0 Å². The lowest BCUT2D eigenvalue weighted by Gasteiger charge is -2.27. The minimum absolute atomic E-state index is 0.00165. The third kappa shape index (κ3) is 3.37. The zero-order chi connectivity index (χ0) is 14.8. The lowest BCUT2D eigenvalue weighted by Crippen LogP contribution is -2.38. The Morgan fingerprint density at radius 1 is 1.30 bits per heavy atom. The lowest BCUT2D eigenvalue weighted by molar-refractivity contribution is 0.180. The van der Waals surface area contributed by atoms with Gasteiger partial charge in [-0.05, 0) is 50.7 Å². The molecule has 112 valence electrons. The highest BCUT2D eigenvalue weighted by atomic mass is 32.2. The Labute approximate surface area is 119 Å². The molecule has 20 heavy (non-hydrogen) atoms. The number of benzene rings is 1. The standard InChI is InChI=1S/C14H20FNO3S/c1-10-13(15)3-2-4-14(10)20(18,19)16-12-7-5-11(9-17)6-8-12/h2-4,11-12,16-17H,5-9H2,1H3. The van der Waals surface area contributed by atoms with Crippen LogP contribution in [-0.4, -0.2) is 26.2 Å². The number of hydrogen-bond donors (Lipinski definition) is 2. The molecule has 1 aromatic rings. The molecule has 2 N–H and O–H groups in total. The zero-order valence-electron chi connectivity index (χ0n) is 11.5. The van der Waals surface area contributed by atoms with E-state index in [1.54, 1.807) is 0 Å². The molecule has 0 atom stereocenters. The summed E-state index contributed by atoms with van der Waals surface area (Å²) in [4.78, 5) is 0.00165. The third-order valence-corrected chi connectivity index (χ3v) is 5.60. The highest BCUT2D eigenvalue weighted by Crippen LogP contribution is 2.25. The van der Waals surface area contributed by atoms with Gasteiger partial charge in [0.25, 0.3) is 0 Å². The maximum Gasteiger partial charge on any atom is 0.241 e. The minimum atomic E-state index is -3.69. The summed E-state index contributed by atoms with van der Waals surface area (Å²) >= 11 is 0. The molecule has 1 fully saturated rings. The van der Waals surface area contributed by atoms with E-state index >= 15 is 0 Å². The number of aliphatic hydroxyl groups excluding tert-OH is 1. The predicted octanol–water partition coefficient (Wildman–Crippen LogP) is 1.96. The molecule has 0 spiro atoms. The summed E-state index contributed by atoms with van der Waals surface area (Å²) in [6.07, 6.45) is 3.04. The summed E-state index contributed by atoms with van der Waals surface area (Å²) in [6, 6.07) is 3.94. The number of rotatable bonds is 4. The Morgan fingerprint density at radius 3 is 2.55 bits per heavy atom. The van der Waals surface area contributed by atoms with Crippen molar-refractivity contribution in [2.45, 2.75) is 43.5 Å². The largest absolute Gasteiger partial charge is 0.396 e. The van der Waals surface area contributed by atoms with Crippen LogP contribution >= 0.6 is 0 Å². The van der Waals surface area contributed by atoms with Gasteiger partial charge < -0.3 is 5.11 Å². The maximum atomic E-state index is 13.5. The molecular weight excluding hydrogens is 281 g/mol. The molecule has 0 aliphatic heterocycles. The van der Waals surface area contributed by atoms with E-state index in [2.05, 4.69) is 4.72 Å². The van der Waals surface area contributed by atoms with Crippen LogP contribution in [0.25, 0.3) is 0 Å². The van der Waals surface area contributed by atoms with Crippen molar-refractivity contribution in [2.75, 3.05) is 6.61 Å². The lowest BCUT2D eigenvalue weighted by atomic mass is 9.87. The molecule has 0 amide bonds. The van der Waals surface area contributed by atoms with Crippen LogP contribution in [0.5, 0.6) is 0 Å². The smallest absolute Gasteiger partial charge is 0.241 e. The molecule has 1 aromatic carbocycles. The molecule has 1 aliphatic carbocycles. The fraction of sp³-hybridized carbons (Fsp3) is 0.571. The van der Waals surface area contributed by atoms with Gasteiger partial charge in [0, 0.05) is 18.2 Å². The van der Waals surface area contributed by atoms with Crippen molar-refractivity contribution >= 4 is 10.0 Å². The second-order valence-electron chi connectivity index (χ2n) is 5.38. The van der Waals surface area contributed by atoms with Gasteiger partial charge in [0.1, 0.15) is 5.82 Å². The van der Waals surface area contributed by atoms with Crippen molar-refractivity contribution in [2.24, 2.45) is 5.92 Å². The van der Waals surface area contributed by atoms with Crippen LogP contribution in [0.1, 0.15) is 31.2 Å². The Bertz CT molecular complexity index is 566. The average Bonchev–Trinajstić information content (AvgIpc) is 2.42. The van der Waals surface area contributed by atoms with Crippen LogP contribution < -0.4 is 4.72 Å². The minimum Gasteiger partial charge on any atom is -0.396 e. The molecule has 2 rings (SSSR count). The molecule has 0 unspecified atom stereocenters. The highest BCUT2D eigenvalue weighted by Gasteiger charge is 2.26. The van der Waals surface area contributed by atoms with Crippen molar-refractivity contribution in [3.8, 4) is 0 Å². The van der Waals surface area contributed by atoms with E-state index in [4.69, 9.17) is 5.11 Å². The quantitative estimate of drug-likeness (QED) is 0.893. The first-order chi connectivity index (χ1) is 9.44. The fourth-order valence-electron chi connectivity index (χ4n) is 2.62. The molecule has 1 aliphatic rings. The summed E-state index contributed by atoms with van der Waals surface area (Å²) in [5, 5.41) is 9.07. The zero-order valence-corrected chi connectivity index (χ0v) is 12.3. The van der Waals surface area contributed by atoms with Gasteiger partial charge in [0.05, 0.1) is 4.90 Å². The van der Waals surface area contributed by atoms with Crippen LogP contribution in [-0.2, 0) is 10.0 Å². The van der Waals surface area contributed by atoms with E-state index in [1.165, 1.54) is 25.1 Å². The summed E-state index contributed by atoms with van der Waals surface area (Å²) in [6.45, 7) is 1.62. The number of halogens is 1. The monoisotopic (exact) mass is 301 g/mol. The van der Waals surface area contributed by atoms with Crippen molar-refractivity contribution in [3.63, 3.8) is 0 Å². The van der Waals surface area contributed by atoms with E-state index in [9.17, 15) is 12.8 Å². The van der Waals surface area contributed by atoms with Crippen LogP contribution in [0.15, 0.2) is 23.1 Å². The topological polar surface area (TPSA) is 66.4 Å². The first-order valence-corrected chi connectivity index (χ1v) is 8.30. The van der Waals surface area contributed by atoms with Gasteiger partial charge >= 0.3 is 0 Å². The molecule has 1 saturated carbocycles. The SMILES string of the molecule is Cc1c(F)cccc1S(=O)(=O)NC1CCC(CO)CC1.